The monoisotopic (exact) mass is 369 g/mol. The molecule has 1 aliphatic heterocycles. The average molecular weight is 369 g/mol. The smallest absolute Gasteiger partial charge is 0.332 e. The van der Waals surface area contributed by atoms with Crippen molar-refractivity contribution in [2.45, 2.75) is 19.0 Å². The molecule has 1 aliphatic rings. The summed E-state index contributed by atoms with van der Waals surface area (Å²) in [5.74, 6) is 0.638. The fourth-order valence-electron chi connectivity index (χ4n) is 3.64. The highest BCUT2D eigenvalue weighted by molar-refractivity contribution is 5.75. The van der Waals surface area contributed by atoms with Crippen LogP contribution in [0.5, 0.6) is 0 Å². The van der Waals surface area contributed by atoms with E-state index in [2.05, 4.69) is 9.88 Å². The molecular formula is C18H23N7O2. The molecule has 0 amide bonds. The van der Waals surface area contributed by atoms with Crippen molar-refractivity contribution in [3.05, 3.63) is 50.7 Å². The number of para-hydroxylation sites is 1. The zero-order valence-corrected chi connectivity index (χ0v) is 15.4. The van der Waals surface area contributed by atoms with Crippen molar-refractivity contribution in [3.8, 4) is 0 Å². The molecule has 27 heavy (non-hydrogen) atoms. The topological polar surface area (TPSA) is 117 Å². The van der Waals surface area contributed by atoms with E-state index in [4.69, 9.17) is 11.5 Å². The fourth-order valence-corrected chi connectivity index (χ4v) is 3.64. The van der Waals surface area contributed by atoms with E-state index in [0.717, 1.165) is 23.1 Å². The number of fused-ring (bicyclic) bond motifs is 1. The molecule has 0 radical (unpaired) electrons. The van der Waals surface area contributed by atoms with E-state index in [-0.39, 0.29) is 11.6 Å². The molecule has 2 aromatic heterocycles. The number of hydrogen-bond acceptors (Lipinski definition) is 6. The van der Waals surface area contributed by atoms with E-state index in [1.54, 1.807) is 7.05 Å². The Bertz CT molecular complexity index is 1140. The fraction of sp³-hybridized carbons (Fsp3) is 0.389. The Morgan fingerprint density at radius 2 is 1.93 bits per heavy atom. The number of hydrogen-bond donors (Lipinski definition) is 2. The first-order valence-corrected chi connectivity index (χ1v) is 8.88. The summed E-state index contributed by atoms with van der Waals surface area (Å²) in [7, 11) is 3.10. The van der Waals surface area contributed by atoms with Crippen molar-refractivity contribution in [3.63, 3.8) is 0 Å². The zero-order chi connectivity index (χ0) is 19.3. The summed E-state index contributed by atoms with van der Waals surface area (Å²) in [5, 5.41) is 0. The Kier molecular flexibility index (Phi) is 4.03. The van der Waals surface area contributed by atoms with Crippen molar-refractivity contribution in [1.29, 1.82) is 0 Å². The maximum Gasteiger partial charge on any atom is 0.332 e. The summed E-state index contributed by atoms with van der Waals surface area (Å²) >= 11 is 0. The van der Waals surface area contributed by atoms with Gasteiger partial charge in [-0.2, -0.15) is 4.98 Å². The molecular weight excluding hydrogens is 346 g/mol. The van der Waals surface area contributed by atoms with E-state index in [1.165, 1.54) is 11.6 Å². The predicted molar refractivity (Wildman–Crippen MR) is 105 cm³/mol. The predicted octanol–water partition coefficient (Wildman–Crippen LogP) is -0.398. The molecule has 0 saturated carbocycles. The highest BCUT2D eigenvalue weighted by atomic mass is 16.2. The van der Waals surface area contributed by atoms with Gasteiger partial charge in [0.25, 0.3) is 5.56 Å². The molecule has 1 aromatic carbocycles. The Labute approximate surface area is 155 Å². The van der Waals surface area contributed by atoms with Crippen LogP contribution in [-0.4, -0.2) is 37.8 Å². The molecule has 4 rings (SSSR count). The summed E-state index contributed by atoms with van der Waals surface area (Å²) in [4.78, 5) is 32.0. The number of benzene rings is 1. The molecule has 0 unspecified atom stereocenters. The van der Waals surface area contributed by atoms with Crippen molar-refractivity contribution in [1.82, 2.24) is 18.7 Å². The lowest BCUT2D eigenvalue weighted by Crippen LogP contribution is -2.37. The van der Waals surface area contributed by atoms with Gasteiger partial charge in [0.1, 0.15) is 0 Å². The van der Waals surface area contributed by atoms with Crippen LogP contribution >= 0.6 is 0 Å². The number of nitrogens with two attached hydrogens (primary N) is 2. The van der Waals surface area contributed by atoms with Crippen molar-refractivity contribution >= 4 is 22.8 Å². The van der Waals surface area contributed by atoms with Gasteiger partial charge in [0.05, 0.1) is 6.54 Å². The van der Waals surface area contributed by atoms with E-state index in [9.17, 15) is 9.59 Å². The number of rotatable bonds is 3. The van der Waals surface area contributed by atoms with E-state index in [0.29, 0.717) is 35.9 Å². The minimum Gasteiger partial charge on any atom is -0.398 e. The van der Waals surface area contributed by atoms with Crippen LogP contribution in [-0.2, 0) is 20.6 Å². The third-order valence-electron chi connectivity index (χ3n) is 5.22. The summed E-state index contributed by atoms with van der Waals surface area (Å²) in [6.45, 7) is 1.79. The number of nitrogens with zero attached hydrogens (tertiary/aromatic N) is 5. The second-order valence-electron chi connectivity index (χ2n) is 7.07. The third-order valence-corrected chi connectivity index (χ3v) is 5.22. The van der Waals surface area contributed by atoms with Gasteiger partial charge in [-0.05, 0) is 18.1 Å². The molecule has 9 heteroatoms. The van der Waals surface area contributed by atoms with E-state index >= 15 is 0 Å². The van der Waals surface area contributed by atoms with Crippen molar-refractivity contribution < 1.29 is 0 Å². The molecule has 1 saturated heterocycles. The lowest BCUT2D eigenvalue weighted by molar-refractivity contribution is 0.701. The SMILES string of the molecule is Cn1c(=O)c2c(nc(N3CC[C@@H](N)C3)n2Cc2ccccc2N)n(C)c1=O. The Balaban J connectivity index is 2.00. The first-order valence-electron chi connectivity index (χ1n) is 8.88. The van der Waals surface area contributed by atoms with E-state index < -0.39 is 5.69 Å². The van der Waals surface area contributed by atoms with Crippen LogP contribution in [0.4, 0.5) is 11.6 Å². The summed E-state index contributed by atoms with van der Waals surface area (Å²) < 4.78 is 4.36. The normalized spacial score (nSPS) is 17.1. The molecule has 3 heterocycles. The van der Waals surface area contributed by atoms with E-state index in [1.807, 2.05) is 28.8 Å². The van der Waals surface area contributed by atoms with Gasteiger partial charge in [-0.3, -0.25) is 18.5 Å². The van der Waals surface area contributed by atoms with Gasteiger partial charge in [0.15, 0.2) is 11.2 Å². The number of aromatic nitrogens is 4. The lowest BCUT2D eigenvalue weighted by atomic mass is 10.2. The molecule has 142 valence electrons. The van der Waals surface area contributed by atoms with Gasteiger partial charge in [0.2, 0.25) is 5.95 Å². The first kappa shape index (κ1) is 17.3. The van der Waals surface area contributed by atoms with Crippen LogP contribution in [0.2, 0.25) is 0 Å². The minimum atomic E-state index is -0.402. The summed E-state index contributed by atoms with van der Waals surface area (Å²) in [5.41, 5.74) is 13.7. The summed E-state index contributed by atoms with van der Waals surface area (Å²) in [6, 6.07) is 7.59. The molecule has 0 spiro atoms. The zero-order valence-electron chi connectivity index (χ0n) is 15.4. The average Bonchev–Trinajstić information content (AvgIpc) is 3.24. The number of anilines is 2. The van der Waals surface area contributed by atoms with Gasteiger partial charge in [0, 0.05) is 38.9 Å². The molecule has 4 N–H and O–H groups in total. The second kappa shape index (κ2) is 6.27. The molecule has 0 aliphatic carbocycles. The van der Waals surface area contributed by atoms with Crippen molar-refractivity contribution in [2.24, 2.45) is 19.8 Å². The van der Waals surface area contributed by atoms with Gasteiger partial charge in [-0.15, -0.1) is 0 Å². The van der Waals surface area contributed by atoms with Gasteiger partial charge < -0.3 is 16.4 Å². The summed E-state index contributed by atoms with van der Waals surface area (Å²) in [6.07, 6.45) is 0.855. The van der Waals surface area contributed by atoms with Crippen molar-refractivity contribution in [2.75, 3.05) is 23.7 Å². The van der Waals surface area contributed by atoms with Gasteiger partial charge >= 0.3 is 5.69 Å². The van der Waals surface area contributed by atoms with Crippen LogP contribution in [0.25, 0.3) is 11.2 Å². The van der Waals surface area contributed by atoms with Gasteiger partial charge in [-0.25, -0.2) is 4.79 Å². The molecule has 1 atom stereocenters. The number of aryl methyl sites for hydroxylation is 1. The number of imidazole rings is 1. The largest absolute Gasteiger partial charge is 0.398 e. The minimum absolute atomic E-state index is 0.0618. The standard InChI is InChI=1S/C18H23N7O2/c1-22-15-14(16(26)23(2)18(22)27)25(9-11-5-3-4-6-13(11)20)17(21-15)24-8-7-12(19)10-24/h3-6,12H,7-10,19-20H2,1-2H3/t12-/m1/s1. The van der Waals surface area contributed by atoms with Gasteiger partial charge in [-0.1, -0.05) is 18.2 Å². The van der Waals surface area contributed by atoms with Crippen LogP contribution in [0, 0.1) is 0 Å². The lowest BCUT2D eigenvalue weighted by Gasteiger charge is -2.19. The maximum absolute atomic E-state index is 12.9. The molecule has 3 aromatic rings. The highest BCUT2D eigenvalue weighted by Crippen LogP contribution is 2.25. The molecule has 1 fully saturated rings. The van der Waals surface area contributed by atoms with Crippen LogP contribution in [0.15, 0.2) is 33.9 Å². The van der Waals surface area contributed by atoms with Crippen LogP contribution in [0.1, 0.15) is 12.0 Å². The number of nitrogen functional groups attached to an aromatic ring is 1. The first-order chi connectivity index (χ1) is 12.9. The molecule has 0 bridgehead atoms. The van der Waals surface area contributed by atoms with Crippen LogP contribution in [0.3, 0.4) is 0 Å². The molecule has 9 nitrogen and oxygen atoms in total. The van der Waals surface area contributed by atoms with Crippen LogP contribution < -0.4 is 27.6 Å². The highest BCUT2D eigenvalue weighted by Gasteiger charge is 2.27. The Morgan fingerprint density at radius 3 is 2.59 bits per heavy atom. The maximum atomic E-state index is 12.9. The Hall–Kier alpha value is -3.07. The Morgan fingerprint density at radius 1 is 1.19 bits per heavy atom. The third kappa shape index (κ3) is 2.71. The quantitative estimate of drug-likeness (QED) is 0.607. The second-order valence-corrected chi connectivity index (χ2v) is 7.07.